The average molecular weight is 246 g/mol. The lowest BCUT2D eigenvalue weighted by atomic mass is 9.97. The lowest BCUT2D eigenvalue weighted by molar-refractivity contribution is 0.484. The van der Waals surface area contributed by atoms with E-state index in [0.29, 0.717) is 5.56 Å². The summed E-state index contributed by atoms with van der Waals surface area (Å²) in [5.74, 6) is 0.00759. The Bertz CT molecular complexity index is 299. The van der Waals surface area contributed by atoms with E-state index in [1.165, 1.54) is 6.07 Å². The van der Waals surface area contributed by atoms with E-state index in [0.717, 1.165) is 4.47 Å². The fraction of sp³-hybridized carbons (Fsp3) is 0.400. The van der Waals surface area contributed by atoms with Gasteiger partial charge in [-0.25, -0.2) is 4.39 Å². The van der Waals surface area contributed by atoms with Crippen molar-refractivity contribution in [1.82, 2.24) is 0 Å². The molecule has 1 nitrogen and oxygen atoms in total. The smallest absolute Gasteiger partial charge is 0.128 e. The molecular weight excluding hydrogens is 233 g/mol. The summed E-state index contributed by atoms with van der Waals surface area (Å²) >= 11 is 3.29. The Morgan fingerprint density at radius 2 is 2.00 bits per heavy atom. The van der Waals surface area contributed by atoms with Crippen molar-refractivity contribution in [3.8, 4) is 0 Å². The first-order chi connectivity index (χ1) is 6.02. The molecule has 72 valence electrons. The van der Waals surface area contributed by atoms with Crippen LogP contribution in [0.1, 0.15) is 25.5 Å². The Labute approximate surface area is 86.3 Å². The van der Waals surface area contributed by atoms with Crippen LogP contribution in [0.2, 0.25) is 0 Å². The minimum absolute atomic E-state index is 0.232. The van der Waals surface area contributed by atoms with Crippen LogP contribution in [0, 0.1) is 11.7 Å². The standard InChI is InChI=1S/C10H13BrFN/c1-6(2)10(13)8-5-7(11)3-4-9(8)12/h3-6,10H,13H2,1-2H3/t10-/m0/s1. The second-order valence-corrected chi connectivity index (χ2v) is 4.35. The van der Waals surface area contributed by atoms with E-state index in [9.17, 15) is 4.39 Å². The molecule has 1 rings (SSSR count). The summed E-state index contributed by atoms with van der Waals surface area (Å²) in [6, 6.07) is 4.60. The Kier molecular flexibility index (Phi) is 3.45. The predicted octanol–water partition coefficient (Wildman–Crippen LogP) is 3.24. The molecule has 1 aromatic rings. The average Bonchev–Trinajstić information content (AvgIpc) is 2.08. The van der Waals surface area contributed by atoms with Crippen LogP contribution in [0.15, 0.2) is 22.7 Å². The topological polar surface area (TPSA) is 26.0 Å². The molecular formula is C10H13BrFN. The molecule has 0 unspecified atom stereocenters. The maximum absolute atomic E-state index is 13.3. The molecule has 13 heavy (non-hydrogen) atoms. The van der Waals surface area contributed by atoms with Crippen LogP contribution in [0.4, 0.5) is 4.39 Å². The molecule has 3 heteroatoms. The summed E-state index contributed by atoms with van der Waals surface area (Å²) in [4.78, 5) is 0. The first-order valence-electron chi connectivity index (χ1n) is 4.23. The quantitative estimate of drug-likeness (QED) is 0.851. The number of halogens is 2. The fourth-order valence-electron chi connectivity index (χ4n) is 1.13. The molecule has 0 heterocycles. The van der Waals surface area contributed by atoms with Crippen LogP contribution in [0.3, 0.4) is 0 Å². The van der Waals surface area contributed by atoms with Gasteiger partial charge in [0.1, 0.15) is 5.82 Å². The first kappa shape index (κ1) is 10.7. The lowest BCUT2D eigenvalue weighted by Crippen LogP contribution is -2.18. The van der Waals surface area contributed by atoms with Crippen molar-refractivity contribution in [2.45, 2.75) is 19.9 Å². The van der Waals surface area contributed by atoms with E-state index in [1.807, 2.05) is 13.8 Å². The third-order valence-electron chi connectivity index (χ3n) is 2.04. The summed E-state index contributed by atoms with van der Waals surface area (Å²) in [5.41, 5.74) is 6.42. The number of hydrogen-bond donors (Lipinski definition) is 1. The summed E-state index contributed by atoms with van der Waals surface area (Å²) < 4.78 is 14.1. The van der Waals surface area contributed by atoms with Gasteiger partial charge in [-0.05, 0) is 24.1 Å². The minimum atomic E-state index is -0.238. The highest BCUT2D eigenvalue weighted by molar-refractivity contribution is 9.10. The van der Waals surface area contributed by atoms with E-state index >= 15 is 0 Å². The summed E-state index contributed by atoms with van der Waals surface area (Å²) in [5, 5.41) is 0. The zero-order valence-electron chi connectivity index (χ0n) is 7.72. The molecule has 1 atom stereocenters. The number of benzene rings is 1. The predicted molar refractivity (Wildman–Crippen MR) is 55.9 cm³/mol. The van der Waals surface area contributed by atoms with Crippen LogP contribution in [-0.4, -0.2) is 0 Å². The Morgan fingerprint density at radius 3 is 2.54 bits per heavy atom. The summed E-state index contributed by atoms with van der Waals surface area (Å²) in [7, 11) is 0. The Morgan fingerprint density at radius 1 is 1.38 bits per heavy atom. The van der Waals surface area contributed by atoms with Crippen LogP contribution >= 0.6 is 15.9 Å². The van der Waals surface area contributed by atoms with Crippen molar-refractivity contribution in [2.75, 3.05) is 0 Å². The molecule has 0 aliphatic rings. The summed E-state index contributed by atoms with van der Waals surface area (Å²) in [6.07, 6.45) is 0. The van der Waals surface area contributed by atoms with Gasteiger partial charge in [0.2, 0.25) is 0 Å². The molecule has 0 spiro atoms. The van der Waals surface area contributed by atoms with Gasteiger partial charge >= 0.3 is 0 Å². The van der Waals surface area contributed by atoms with Crippen molar-refractivity contribution in [2.24, 2.45) is 11.7 Å². The van der Waals surface area contributed by atoms with E-state index in [4.69, 9.17) is 5.73 Å². The zero-order chi connectivity index (χ0) is 10.0. The molecule has 2 N–H and O–H groups in total. The van der Waals surface area contributed by atoms with Crippen molar-refractivity contribution in [3.63, 3.8) is 0 Å². The molecule has 0 fully saturated rings. The minimum Gasteiger partial charge on any atom is -0.324 e. The first-order valence-corrected chi connectivity index (χ1v) is 5.02. The second kappa shape index (κ2) is 4.20. The van der Waals surface area contributed by atoms with Gasteiger partial charge in [-0.1, -0.05) is 29.8 Å². The third-order valence-corrected chi connectivity index (χ3v) is 2.53. The van der Waals surface area contributed by atoms with Gasteiger partial charge < -0.3 is 5.73 Å². The molecule has 0 aromatic heterocycles. The molecule has 0 saturated heterocycles. The maximum Gasteiger partial charge on any atom is 0.128 e. The molecule has 0 aliphatic carbocycles. The SMILES string of the molecule is CC(C)[C@H](N)c1cc(Br)ccc1F. The van der Waals surface area contributed by atoms with Crippen molar-refractivity contribution >= 4 is 15.9 Å². The Balaban J connectivity index is 3.05. The lowest BCUT2D eigenvalue weighted by Gasteiger charge is -2.16. The van der Waals surface area contributed by atoms with Gasteiger partial charge in [-0.15, -0.1) is 0 Å². The largest absolute Gasteiger partial charge is 0.324 e. The number of nitrogens with two attached hydrogens (primary N) is 1. The second-order valence-electron chi connectivity index (χ2n) is 3.44. The molecule has 0 saturated carbocycles. The molecule has 0 radical (unpaired) electrons. The highest BCUT2D eigenvalue weighted by Gasteiger charge is 2.14. The molecule has 0 bridgehead atoms. The highest BCUT2D eigenvalue weighted by Crippen LogP contribution is 2.24. The van der Waals surface area contributed by atoms with Crippen molar-refractivity contribution in [1.29, 1.82) is 0 Å². The highest BCUT2D eigenvalue weighted by atomic mass is 79.9. The van der Waals surface area contributed by atoms with Crippen LogP contribution < -0.4 is 5.73 Å². The van der Waals surface area contributed by atoms with E-state index in [-0.39, 0.29) is 17.8 Å². The van der Waals surface area contributed by atoms with E-state index in [2.05, 4.69) is 15.9 Å². The fourth-order valence-corrected chi connectivity index (χ4v) is 1.51. The number of hydrogen-bond acceptors (Lipinski definition) is 1. The van der Waals surface area contributed by atoms with Gasteiger partial charge in [-0.3, -0.25) is 0 Å². The van der Waals surface area contributed by atoms with Crippen LogP contribution in [0.25, 0.3) is 0 Å². The number of rotatable bonds is 2. The zero-order valence-corrected chi connectivity index (χ0v) is 9.31. The van der Waals surface area contributed by atoms with Gasteiger partial charge in [-0.2, -0.15) is 0 Å². The van der Waals surface area contributed by atoms with Crippen LogP contribution in [-0.2, 0) is 0 Å². The van der Waals surface area contributed by atoms with Crippen molar-refractivity contribution < 1.29 is 4.39 Å². The van der Waals surface area contributed by atoms with Gasteiger partial charge in [0, 0.05) is 16.1 Å². The van der Waals surface area contributed by atoms with E-state index < -0.39 is 0 Å². The Hall–Kier alpha value is -0.410. The third kappa shape index (κ3) is 2.51. The monoisotopic (exact) mass is 245 g/mol. The van der Waals surface area contributed by atoms with Crippen molar-refractivity contribution in [3.05, 3.63) is 34.1 Å². The summed E-state index contributed by atoms with van der Waals surface area (Å²) in [6.45, 7) is 3.95. The van der Waals surface area contributed by atoms with Gasteiger partial charge in [0.25, 0.3) is 0 Å². The van der Waals surface area contributed by atoms with Crippen LogP contribution in [0.5, 0.6) is 0 Å². The molecule has 0 aliphatic heterocycles. The maximum atomic E-state index is 13.3. The molecule has 0 amide bonds. The normalized spacial score (nSPS) is 13.4. The molecule has 1 aromatic carbocycles. The van der Waals surface area contributed by atoms with Gasteiger partial charge in [0.15, 0.2) is 0 Å². The van der Waals surface area contributed by atoms with E-state index in [1.54, 1.807) is 12.1 Å². The van der Waals surface area contributed by atoms with Gasteiger partial charge in [0.05, 0.1) is 0 Å².